The van der Waals surface area contributed by atoms with Crippen LogP contribution in [0.4, 0.5) is 4.39 Å². The minimum Gasteiger partial charge on any atom is -0.298 e. The number of benzene rings is 1. The highest BCUT2D eigenvalue weighted by atomic mass is 35.5. The number of nitrogens with zero attached hydrogens (tertiary/aromatic N) is 2. The molecule has 0 N–H and O–H groups in total. The van der Waals surface area contributed by atoms with Gasteiger partial charge in [-0.3, -0.25) is 24.4 Å². The lowest BCUT2D eigenvalue weighted by Crippen LogP contribution is -2.18. The SMILES string of the molecule is Cc1cc(-c2ncc(Cl)cc2F)cc(C)c1C1C(=O)CC(CCCC(=O)c2ccccn2)C1=O. The predicted molar refractivity (Wildman–Crippen MR) is 127 cm³/mol. The zero-order chi connectivity index (χ0) is 24.4. The second-order valence-corrected chi connectivity index (χ2v) is 9.18. The molecule has 3 aromatic rings. The number of hydrogen-bond donors (Lipinski definition) is 0. The van der Waals surface area contributed by atoms with E-state index in [0.29, 0.717) is 29.7 Å². The molecule has 2 atom stereocenters. The van der Waals surface area contributed by atoms with Crippen molar-refractivity contribution in [1.82, 2.24) is 9.97 Å². The average Bonchev–Trinajstić information content (AvgIpc) is 3.07. The van der Waals surface area contributed by atoms with Crippen LogP contribution in [0, 0.1) is 25.6 Å². The largest absolute Gasteiger partial charge is 0.298 e. The van der Waals surface area contributed by atoms with Crippen molar-refractivity contribution in [3.8, 4) is 11.3 Å². The molecule has 174 valence electrons. The van der Waals surface area contributed by atoms with E-state index in [1.807, 2.05) is 13.8 Å². The highest BCUT2D eigenvalue weighted by Crippen LogP contribution is 2.39. The van der Waals surface area contributed by atoms with Crippen LogP contribution < -0.4 is 0 Å². The standard InChI is InChI=1S/C27H24ClFN2O3/c1-15-10-18(26-20(29)13-19(28)14-31-26)11-16(2)24(15)25-23(33)12-17(27(25)34)6-5-8-22(32)21-7-3-4-9-30-21/h3-4,7,9-11,13-14,17,25H,5-6,8,12H2,1-2H3. The molecule has 1 aliphatic rings. The van der Waals surface area contributed by atoms with E-state index in [1.54, 1.807) is 36.5 Å². The van der Waals surface area contributed by atoms with Crippen molar-refractivity contribution in [3.05, 3.63) is 82.0 Å². The number of carbonyl (C=O) groups excluding carboxylic acids is 3. The summed E-state index contributed by atoms with van der Waals surface area (Å²) in [6.07, 6.45) is 4.41. The molecule has 0 spiro atoms. The molecule has 2 heterocycles. The van der Waals surface area contributed by atoms with E-state index in [2.05, 4.69) is 9.97 Å². The third kappa shape index (κ3) is 4.82. The zero-order valence-electron chi connectivity index (χ0n) is 19.0. The summed E-state index contributed by atoms with van der Waals surface area (Å²) in [5, 5.41) is 0.209. The van der Waals surface area contributed by atoms with Crippen LogP contribution in [0.5, 0.6) is 0 Å². The third-order valence-corrected chi connectivity index (χ3v) is 6.53. The molecule has 1 saturated carbocycles. The van der Waals surface area contributed by atoms with Crippen LogP contribution in [0.2, 0.25) is 5.02 Å². The summed E-state index contributed by atoms with van der Waals surface area (Å²) in [6.45, 7) is 3.64. The summed E-state index contributed by atoms with van der Waals surface area (Å²) >= 11 is 5.81. The van der Waals surface area contributed by atoms with Gasteiger partial charge in [0.05, 0.1) is 5.02 Å². The normalized spacial score (nSPS) is 17.9. The Kier molecular flexibility index (Phi) is 6.98. The summed E-state index contributed by atoms with van der Waals surface area (Å²) in [5.41, 5.74) is 3.30. The maximum absolute atomic E-state index is 14.4. The molecule has 4 rings (SSSR count). The Morgan fingerprint density at radius 1 is 1.12 bits per heavy atom. The van der Waals surface area contributed by atoms with Gasteiger partial charge >= 0.3 is 0 Å². The van der Waals surface area contributed by atoms with Crippen LogP contribution >= 0.6 is 11.6 Å². The van der Waals surface area contributed by atoms with Crippen LogP contribution in [0.25, 0.3) is 11.3 Å². The summed E-state index contributed by atoms with van der Waals surface area (Å²) in [5.74, 6) is -2.05. The van der Waals surface area contributed by atoms with Gasteiger partial charge in [0.2, 0.25) is 0 Å². The Balaban J connectivity index is 1.49. The molecule has 2 unspecified atom stereocenters. The first kappa shape index (κ1) is 23.9. The molecule has 1 fully saturated rings. The van der Waals surface area contributed by atoms with Crippen LogP contribution in [-0.4, -0.2) is 27.3 Å². The number of rotatable bonds is 7. The van der Waals surface area contributed by atoms with E-state index < -0.39 is 17.7 Å². The Bertz CT molecular complexity index is 1250. The number of carbonyl (C=O) groups is 3. The van der Waals surface area contributed by atoms with Gasteiger partial charge in [-0.05, 0) is 73.7 Å². The van der Waals surface area contributed by atoms with Crippen LogP contribution in [-0.2, 0) is 9.59 Å². The molecular formula is C27H24ClFN2O3. The number of aryl methyl sites for hydroxylation is 2. The second-order valence-electron chi connectivity index (χ2n) is 8.74. The molecule has 7 heteroatoms. The lowest BCUT2D eigenvalue weighted by atomic mass is 9.85. The van der Waals surface area contributed by atoms with Crippen molar-refractivity contribution in [2.24, 2.45) is 5.92 Å². The van der Waals surface area contributed by atoms with Crippen molar-refractivity contribution < 1.29 is 18.8 Å². The molecule has 0 saturated heterocycles. The van der Waals surface area contributed by atoms with Gasteiger partial charge in [0.25, 0.3) is 0 Å². The smallest absolute Gasteiger partial charge is 0.181 e. The lowest BCUT2D eigenvalue weighted by Gasteiger charge is -2.17. The van der Waals surface area contributed by atoms with Crippen molar-refractivity contribution >= 4 is 29.0 Å². The predicted octanol–water partition coefficient (Wildman–Crippen LogP) is 5.85. The quantitative estimate of drug-likeness (QED) is 0.314. The van der Waals surface area contributed by atoms with Gasteiger partial charge in [-0.15, -0.1) is 0 Å². The highest BCUT2D eigenvalue weighted by molar-refractivity contribution is 6.30. The average molecular weight is 479 g/mol. The molecule has 0 aliphatic heterocycles. The van der Waals surface area contributed by atoms with Gasteiger partial charge in [0.15, 0.2) is 17.4 Å². The molecule has 5 nitrogen and oxygen atoms in total. The molecule has 2 aromatic heterocycles. The lowest BCUT2D eigenvalue weighted by molar-refractivity contribution is -0.124. The van der Waals surface area contributed by atoms with E-state index in [-0.39, 0.29) is 40.9 Å². The number of Topliss-reactive ketones (excluding diaryl/α,β-unsaturated/α-hetero) is 3. The number of aromatic nitrogens is 2. The molecule has 1 aromatic carbocycles. The Labute approximate surface area is 202 Å². The van der Waals surface area contributed by atoms with E-state index in [0.717, 1.165) is 11.1 Å². The van der Waals surface area contributed by atoms with Gasteiger partial charge in [0, 0.05) is 36.7 Å². The fourth-order valence-corrected chi connectivity index (χ4v) is 4.91. The monoisotopic (exact) mass is 478 g/mol. The number of hydrogen-bond acceptors (Lipinski definition) is 5. The van der Waals surface area contributed by atoms with E-state index in [4.69, 9.17) is 11.6 Å². The molecule has 34 heavy (non-hydrogen) atoms. The minimum absolute atomic E-state index is 0.0701. The molecule has 0 radical (unpaired) electrons. The van der Waals surface area contributed by atoms with Crippen LogP contribution in [0.1, 0.15) is 58.8 Å². The Hall–Kier alpha value is -3.25. The first-order chi connectivity index (χ1) is 16.3. The zero-order valence-corrected chi connectivity index (χ0v) is 19.7. The molecule has 0 bridgehead atoms. The van der Waals surface area contributed by atoms with Crippen molar-refractivity contribution in [3.63, 3.8) is 0 Å². The van der Waals surface area contributed by atoms with Crippen molar-refractivity contribution in [1.29, 1.82) is 0 Å². The van der Waals surface area contributed by atoms with E-state index in [9.17, 15) is 18.8 Å². The molecular weight excluding hydrogens is 455 g/mol. The van der Waals surface area contributed by atoms with Crippen molar-refractivity contribution in [2.75, 3.05) is 0 Å². The first-order valence-corrected chi connectivity index (χ1v) is 11.6. The van der Waals surface area contributed by atoms with Gasteiger partial charge in [-0.2, -0.15) is 0 Å². The summed E-state index contributed by atoms with van der Waals surface area (Å²) < 4.78 is 14.4. The summed E-state index contributed by atoms with van der Waals surface area (Å²) in [7, 11) is 0. The molecule has 0 amide bonds. The van der Waals surface area contributed by atoms with Crippen LogP contribution in [0.3, 0.4) is 0 Å². The summed E-state index contributed by atoms with van der Waals surface area (Å²) in [4.78, 5) is 46.5. The van der Waals surface area contributed by atoms with Crippen molar-refractivity contribution in [2.45, 2.75) is 45.4 Å². The van der Waals surface area contributed by atoms with E-state index in [1.165, 1.54) is 12.3 Å². The van der Waals surface area contributed by atoms with Crippen LogP contribution in [0.15, 0.2) is 48.8 Å². The number of ketones is 3. The number of halogens is 2. The van der Waals surface area contributed by atoms with E-state index >= 15 is 0 Å². The third-order valence-electron chi connectivity index (χ3n) is 6.33. The Morgan fingerprint density at radius 3 is 2.50 bits per heavy atom. The maximum Gasteiger partial charge on any atom is 0.181 e. The number of pyridine rings is 2. The Morgan fingerprint density at radius 2 is 1.85 bits per heavy atom. The topological polar surface area (TPSA) is 77.0 Å². The first-order valence-electron chi connectivity index (χ1n) is 11.2. The maximum atomic E-state index is 14.4. The summed E-state index contributed by atoms with van der Waals surface area (Å²) in [6, 6.07) is 9.89. The fourth-order valence-electron chi connectivity index (χ4n) is 4.76. The second kappa shape index (κ2) is 9.94. The van der Waals surface area contributed by atoms with Gasteiger partial charge < -0.3 is 0 Å². The molecule has 1 aliphatic carbocycles. The highest BCUT2D eigenvalue weighted by Gasteiger charge is 2.42. The van der Waals surface area contributed by atoms with Gasteiger partial charge in [0.1, 0.15) is 23.1 Å². The minimum atomic E-state index is -0.825. The van der Waals surface area contributed by atoms with Gasteiger partial charge in [-0.1, -0.05) is 17.7 Å². The fraction of sp³-hybridized carbons (Fsp3) is 0.296. The van der Waals surface area contributed by atoms with Gasteiger partial charge in [-0.25, -0.2) is 4.39 Å².